The molecule has 2 rings (SSSR count). The van der Waals surface area contributed by atoms with Crippen molar-refractivity contribution in [3.63, 3.8) is 0 Å². The second kappa shape index (κ2) is 4.17. The summed E-state index contributed by atoms with van der Waals surface area (Å²) in [4.78, 5) is -0.594. The van der Waals surface area contributed by atoms with Gasteiger partial charge in [-0.05, 0) is 30.5 Å². The van der Waals surface area contributed by atoms with E-state index in [2.05, 4.69) is 0 Å². The Labute approximate surface area is 104 Å². The van der Waals surface area contributed by atoms with Crippen LogP contribution in [-0.2, 0) is 6.42 Å². The SMILES string of the molecule is OC(CCl)(Cc1ccc(F)cc1)C1(Cl)CC1. The zero-order chi connectivity index (χ0) is 11.8. The van der Waals surface area contributed by atoms with Gasteiger partial charge in [-0.15, -0.1) is 23.2 Å². The lowest BCUT2D eigenvalue weighted by atomic mass is 9.91. The minimum absolute atomic E-state index is 0.0911. The summed E-state index contributed by atoms with van der Waals surface area (Å²) >= 11 is 12.0. The largest absolute Gasteiger partial charge is 0.386 e. The fourth-order valence-electron chi connectivity index (χ4n) is 1.84. The Kier molecular flexibility index (Phi) is 3.17. The van der Waals surface area contributed by atoms with Crippen molar-refractivity contribution < 1.29 is 9.50 Å². The standard InChI is InChI=1S/C12H13Cl2FO/c13-8-12(16,11(14)5-6-11)7-9-1-3-10(15)4-2-9/h1-4,16H,5-8H2. The van der Waals surface area contributed by atoms with Gasteiger partial charge in [0.1, 0.15) is 11.4 Å². The number of hydrogen-bond acceptors (Lipinski definition) is 1. The van der Waals surface area contributed by atoms with Crippen molar-refractivity contribution in [2.24, 2.45) is 0 Å². The molecule has 0 radical (unpaired) electrons. The predicted molar refractivity (Wildman–Crippen MR) is 63.6 cm³/mol. The molecule has 1 aliphatic carbocycles. The van der Waals surface area contributed by atoms with Crippen molar-refractivity contribution in [3.8, 4) is 0 Å². The quantitative estimate of drug-likeness (QED) is 0.827. The van der Waals surface area contributed by atoms with E-state index in [1.807, 2.05) is 0 Å². The van der Waals surface area contributed by atoms with Gasteiger partial charge in [0.15, 0.2) is 0 Å². The Morgan fingerprint density at radius 3 is 2.31 bits per heavy atom. The highest BCUT2D eigenvalue weighted by Gasteiger charge is 2.57. The minimum atomic E-state index is -1.10. The van der Waals surface area contributed by atoms with Crippen LogP contribution < -0.4 is 0 Å². The lowest BCUT2D eigenvalue weighted by Crippen LogP contribution is -2.45. The van der Waals surface area contributed by atoms with Gasteiger partial charge in [0.05, 0.1) is 10.8 Å². The first-order valence-corrected chi connectivity index (χ1v) is 6.12. The number of alkyl halides is 2. The molecule has 1 aromatic carbocycles. The van der Waals surface area contributed by atoms with Crippen LogP contribution in [0.1, 0.15) is 18.4 Å². The van der Waals surface area contributed by atoms with Crippen LogP contribution >= 0.6 is 23.2 Å². The summed E-state index contributed by atoms with van der Waals surface area (Å²) in [5.74, 6) is -0.196. The third-order valence-corrected chi connectivity index (χ3v) is 4.33. The Morgan fingerprint density at radius 1 is 1.31 bits per heavy atom. The fourth-order valence-corrected chi connectivity index (χ4v) is 2.49. The summed E-state index contributed by atoms with van der Waals surface area (Å²) in [5.41, 5.74) is -0.259. The highest BCUT2D eigenvalue weighted by atomic mass is 35.5. The predicted octanol–water partition coefficient (Wildman–Crippen LogP) is 3.11. The van der Waals surface area contributed by atoms with Gasteiger partial charge in [0.2, 0.25) is 0 Å². The Balaban J connectivity index is 2.15. The van der Waals surface area contributed by atoms with E-state index in [9.17, 15) is 9.50 Å². The van der Waals surface area contributed by atoms with Crippen LogP contribution in [0.5, 0.6) is 0 Å². The van der Waals surface area contributed by atoms with Crippen LogP contribution in [0, 0.1) is 5.82 Å². The first-order chi connectivity index (χ1) is 7.49. The third-order valence-electron chi connectivity index (χ3n) is 3.15. The highest BCUT2D eigenvalue weighted by Crippen LogP contribution is 2.52. The molecule has 1 N–H and O–H groups in total. The Hall–Kier alpha value is -0.310. The third kappa shape index (κ3) is 2.20. The van der Waals surface area contributed by atoms with Crippen molar-refractivity contribution in [1.29, 1.82) is 0 Å². The average molecular weight is 263 g/mol. The zero-order valence-electron chi connectivity index (χ0n) is 8.72. The summed E-state index contributed by atoms with van der Waals surface area (Å²) in [7, 11) is 0. The topological polar surface area (TPSA) is 20.2 Å². The maximum Gasteiger partial charge on any atom is 0.123 e. The summed E-state index contributed by atoms with van der Waals surface area (Å²) in [6.45, 7) is 0. The van der Waals surface area contributed by atoms with E-state index in [0.717, 1.165) is 18.4 Å². The summed E-state index contributed by atoms with van der Waals surface area (Å²) in [6.07, 6.45) is 1.91. The molecule has 16 heavy (non-hydrogen) atoms. The molecule has 0 heterocycles. The lowest BCUT2D eigenvalue weighted by molar-refractivity contribution is 0.0513. The van der Waals surface area contributed by atoms with Crippen LogP contribution in [-0.4, -0.2) is 21.5 Å². The van der Waals surface area contributed by atoms with Crippen molar-refractivity contribution in [3.05, 3.63) is 35.6 Å². The molecule has 0 bridgehead atoms. The molecular formula is C12H13Cl2FO. The molecule has 0 aromatic heterocycles. The maximum absolute atomic E-state index is 12.7. The number of halogens is 3. The van der Waals surface area contributed by atoms with Gasteiger partial charge in [-0.3, -0.25) is 0 Å². The molecule has 0 amide bonds. The summed E-state index contributed by atoms with van der Waals surface area (Å²) < 4.78 is 12.7. The minimum Gasteiger partial charge on any atom is -0.386 e. The van der Waals surface area contributed by atoms with E-state index in [0.29, 0.717) is 6.42 Å². The molecule has 0 aliphatic heterocycles. The molecule has 88 valence electrons. The molecule has 1 unspecified atom stereocenters. The first-order valence-electron chi connectivity index (χ1n) is 5.21. The number of aliphatic hydroxyl groups is 1. The lowest BCUT2D eigenvalue weighted by Gasteiger charge is -2.31. The Bertz CT molecular complexity index is 375. The molecule has 4 heteroatoms. The second-order valence-electron chi connectivity index (χ2n) is 4.43. The molecule has 1 aromatic rings. The van der Waals surface area contributed by atoms with Gasteiger partial charge in [-0.25, -0.2) is 4.39 Å². The second-order valence-corrected chi connectivity index (χ2v) is 5.42. The van der Waals surface area contributed by atoms with Crippen molar-refractivity contribution in [1.82, 2.24) is 0 Å². The van der Waals surface area contributed by atoms with Gasteiger partial charge in [-0.2, -0.15) is 0 Å². The van der Waals surface area contributed by atoms with Crippen LogP contribution in [0.25, 0.3) is 0 Å². The Morgan fingerprint density at radius 2 is 1.88 bits per heavy atom. The monoisotopic (exact) mass is 262 g/mol. The van der Waals surface area contributed by atoms with Crippen LogP contribution in [0.3, 0.4) is 0 Å². The molecule has 1 fully saturated rings. The van der Waals surface area contributed by atoms with Crippen LogP contribution in [0.2, 0.25) is 0 Å². The fraction of sp³-hybridized carbons (Fsp3) is 0.500. The van der Waals surface area contributed by atoms with Crippen LogP contribution in [0.4, 0.5) is 4.39 Å². The summed E-state index contributed by atoms with van der Waals surface area (Å²) in [5, 5.41) is 10.4. The molecular weight excluding hydrogens is 250 g/mol. The normalized spacial score (nSPS) is 21.5. The number of rotatable bonds is 4. The summed E-state index contributed by atoms with van der Waals surface area (Å²) in [6, 6.07) is 6.04. The van der Waals surface area contributed by atoms with Gasteiger partial charge in [0.25, 0.3) is 0 Å². The molecule has 1 saturated carbocycles. The molecule has 1 atom stereocenters. The van der Waals surface area contributed by atoms with E-state index in [1.165, 1.54) is 12.1 Å². The molecule has 0 saturated heterocycles. The van der Waals surface area contributed by atoms with Crippen LogP contribution in [0.15, 0.2) is 24.3 Å². The van der Waals surface area contributed by atoms with E-state index >= 15 is 0 Å². The van der Waals surface area contributed by atoms with Crippen molar-refractivity contribution >= 4 is 23.2 Å². The average Bonchev–Trinajstić information content (AvgIpc) is 3.01. The van der Waals surface area contributed by atoms with E-state index < -0.39 is 10.5 Å². The molecule has 0 spiro atoms. The zero-order valence-corrected chi connectivity index (χ0v) is 10.2. The maximum atomic E-state index is 12.7. The van der Waals surface area contributed by atoms with E-state index in [-0.39, 0.29) is 11.7 Å². The van der Waals surface area contributed by atoms with Gasteiger partial charge in [0, 0.05) is 6.42 Å². The molecule has 1 aliphatic rings. The first kappa shape index (κ1) is 12.2. The van der Waals surface area contributed by atoms with Gasteiger partial charge < -0.3 is 5.11 Å². The smallest absolute Gasteiger partial charge is 0.123 e. The van der Waals surface area contributed by atoms with E-state index in [4.69, 9.17) is 23.2 Å². The van der Waals surface area contributed by atoms with Crippen molar-refractivity contribution in [2.45, 2.75) is 29.7 Å². The molecule has 1 nitrogen and oxygen atoms in total. The highest BCUT2D eigenvalue weighted by molar-refractivity contribution is 6.28. The van der Waals surface area contributed by atoms with Gasteiger partial charge >= 0.3 is 0 Å². The number of hydrogen-bond donors (Lipinski definition) is 1. The van der Waals surface area contributed by atoms with Gasteiger partial charge in [-0.1, -0.05) is 12.1 Å². The van der Waals surface area contributed by atoms with E-state index in [1.54, 1.807) is 12.1 Å². The van der Waals surface area contributed by atoms with Crippen molar-refractivity contribution in [2.75, 3.05) is 5.88 Å². The number of benzene rings is 1.